The molecule has 5 rings (SSSR count). The van der Waals surface area contributed by atoms with E-state index in [2.05, 4.69) is 9.97 Å². The van der Waals surface area contributed by atoms with E-state index in [4.69, 9.17) is 0 Å². The Morgan fingerprint density at radius 1 is 1.11 bits per heavy atom. The SMILES string of the molecule is O=c1[nH]cnc(C2C3CC4CC(C3)CC2C4)c1F. The maximum Gasteiger partial charge on any atom is 0.287 e. The monoisotopic (exact) mass is 248 g/mol. The molecule has 4 aliphatic rings. The van der Waals surface area contributed by atoms with Gasteiger partial charge in [-0.2, -0.15) is 4.39 Å². The van der Waals surface area contributed by atoms with Crippen molar-refractivity contribution >= 4 is 0 Å². The Morgan fingerprint density at radius 2 is 1.72 bits per heavy atom. The van der Waals surface area contributed by atoms with Crippen LogP contribution in [0.15, 0.2) is 11.1 Å². The molecule has 1 heterocycles. The molecule has 4 bridgehead atoms. The number of hydrogen-bond donors (Lipinski definition) is 1. The number of nitrogens with one attached hydrogen (secondary N) is 1. The van der Waals surface area contributed by atoms with Gasteiger partial charge in [-0.25, -0.2) is 4.98 Å². The molecule has 0 spiro atoms. The second kappa shape index (κ2) is 3.65. The van der Waals surface area contributed by atoms with Gasteiger partial charge in [0.25, 0.3) is 5.56 Å². The van der Waals surface area contributed by atoms with E-state index in [1.165, 1.54) is 38.4 Å². The fourth-order valence-electron chi connectivity index (χ4n) is 5.00. The van der Waals surface area contributed by atoms with Crippen molar-refractivity contribution in [2.75, 3.05) is 0 Å². The molecule has 4 fully saturated rings. The van der Waals surface area contributed by atoms with Crippen molar-refractivity contribution in [2.24, 2.45) is 23.7 Å². The maximum atomic E-state index is 14.0. The third-order valence-electron chi connectivity index (χ3n) is 5.37. The van der Waals surface area contributed by atoms with E-state index < -0.39 is 11.4 Å². The van der Waals surface area contributed by atoms with Gasteiger partial charge in [-0.05, 0) is 55.8 Å². The molecule has 0 amide bonds. The molecular weight excluding hydrogens is 231 g/mol. The van der Waals surface area contributed by atoms with Crippen molar-refractivity contribution < 1.29 is 4.39 Å². The molecule has 3 nitrogen and oxygen atoms in total. The zero-order valence-electron chi connectivity index (χ0n) is 10.2. The Kier molecular flexibility index (Phi) is 2.17. The predicted octanol–water partition coefficient (Wildman–Crippen LogP) is 2.45. The molecular formula is C14H17FN2O. The van der Waals surface area contributed by atoms with Crippen LogP contribution in [0, 0.1) is 29.5 Å². The first-order valence-electron chi connectivity index (χ1n) is 6.95. The van der Waals surface area contributed by atoms with Crippen LogP contribution in [0.3, 0.4) is 0 Å². The van der Waals surface area contributed by atoms with Crippen LogP contribution in [0.5, 0.6) is 0 Å². The lowest BCUT2D eigenvalue weighted by Crippen LogP contribution is -2.44. The molecule has 0 saturated heterocycles. The molecule has 18 heavy (non-hydrogen) atoms. The Balaban J connectivity index is 1.77. The van der Waals surface area contributed by atoms with Gasteiger partial charge in [0, 0.05) is 5.92 Å². The van der Waals surface area contributed by atoms with Crippen LogP contribution in [0.4, 0.5) is 4.39 Å². The summed E-state index contributed by atoms with van der Waals surface area (Å²) in [5.41, 5.74) is -0.179. The topological polar surface area (TPSA) is 45.8 Å². The summed E-state index contributed by atoms with van der Waals surface area (Å²) in [6.07, 6.45) is 7.59. The number of rotatable bonds is 1. The van der Waals surface area contributed by atoms with E-state index in [-0.39, 0.29) is 5.92 Å². The second-order valence-corrected chi connectivity index (χ2v) is 6.39. The van der Waals surface area contributed by atoms with Gasteiger partial charge in [0.15, 0.2) is 0 Å². The summed E-state index contributed by atoms with van der Waals surface area (Å²) in [7, 11) is 0. The third-order valence-corrected chi connectivity index (χ3v) is 5.37. The minimum atomic E-state index is -0.644. The Morgan fingerprint density at radius 3 is 2.33 bits per heavy atom. The highest BCUT2D eigenvalue weighted by atomic mass is 19.1. The van der Waals surface area contributed by atoms with Crippen LogP contribution in [-0.4, -0.2) is 9.97 Å². The normalized spacial score (nSPS) is 41.3. The molecule has 4 heteroatoms. The van der Waals surface area contributed by atoms with E-state index in [0.717, 1.165) is 11.8 Å². The highest BCUT2D eigenvalue weighted by molar-refractivity contribution is 5.17. The zero-order valence-corrected chi connectivity index (χ0v) is 10.2. The number of halogens is 1. The molecule has 96 valence electrons. The lowest BCUT2D eigenvalue weighted by molar-refractivity contribution is -0.00550. The summed E-state index contributed by atoms with van der Waals surface area (Å²) in [5.74, 6) is 2.38. The van der Waals surface area contributed by atoms with Crippen LogP contribution in [0.25, 0.3) is 0 Å². The number of nitrogens with zero attached hydrogens (tertiary/aromatic N) is 1. The van der Waals surface area contributed by atoms with Gasteiger partial charge in [0.1, 0.15) is 0 Å². The van der Waals surface area contributed by atoms with E-state index in [0.29, 0.717) is 17.5 Å². The molecule has 4 saturated carbocycles. The van der Waals surface area contributed by atoms with Crippen molar-refractivity contribution in [3.05, 3.63) is 28.2 Å². The minimum Gasteiger partial charge on any atom is -0.311 e. The first-order valence-corrected chi connectivity index (χ1v) is 6.95. The first-order chi connectivity index (χ1) is 8.72. The van der Waals surface area contributed by atoms with E-state index in [1.807, 2.05) is 0 Å². The van der Waals surface area contributed by atoms with Gasteiger partial charge < -0.3 is 4.98 Å². The van der Waals surface area contributed by atoms with Crippen molar-refractivity contribution in [1.82, 2.24) is 9.97 Å². The predicted molar refractivity (Wildman–Crippen MR) is 64.6 cm³/mol. The molecule has 1 aromatic rings. The fraction of sp³-hybridized carbons (Fsp3) is 0.714. The molecule has 0 atom stereocenters. The van der Waals surface area contributed by atoms with Crippen molar-refractivity contribution in [3.8, 4) is 0 Å². The number of hydrogen-bond acceptors (Lipinski definition) is 2. The average Bonchev–Trinajstić information content (AvgIpc) is 2.33. The van der Waals surface area contributed by atoms with Crippen molar-refractivity contribution in [3.63, 3.8) is 0 Å². The summed E-state index contributed by atoms with van der Waals surface area (Å²) in [6.45, 7) is 0. The van der Waals surface area contributed by atoms with Crippen LogP contribution >= 0.6 is 0 Å². The zero-order chi connectivity index (χ0) is 12.3. The van der Waals surface area contributed by atoms with Gasteiger partial charge >= 0.3 is 0 Å². The Labute approximate surface area is 105 Å². The smallest absolute Gasteiger partial charge is 0.287 e. The lowest BCUT2D eigenvalue weighted by atomic mass is 9.51. The van der Waals surface area contributed by atoms with Gasteiger partial charge in [-0.3, -0.25) is 4.79 Å². The van der Waals surface area contributed by atoms with E-state index in [1.54, 1.807) is 0 Å². The molecule has 0 aromatic carbocycles. The highest BCUT2D eigenvalue weighted by Gasteiger charge is 2.49. The van der Waals surface area contributed by atoms with Gasteiger partial charge in [0.2, 0.25) is 5.82 Å². The second-order valence-electron chi connectivity index (χ2n) is 6.39. The van der Waals surface area contributed by atoms with Gasteiger partial charge in [-0.1, -0.05) is 0 Å². The molecule has 0 radical (unpaired) electrons. The number of aromatic amines is 1. The van der Waals surface area contributed by atoms with Crippen molar-refractivity contribution in [1.29, 1.82) is 0 Å². The molecule has 1 aromatic heterocycles. The van der Waals surface area contributed by atoms with Gasteiger partial charge in [0.05, 0.1) is 12.0 Å². The standard InChI is InChI=1S/C14H17FN2O/c15-12-13(16-6-17-14(12)18)11-9-2-7-1-8(4-9)5-10(11)3-7/h6-11H,1-5H2,(H,16,17,18). The molecule has 0 aliphatic heterocycles. The third kappa shape index (κ3) is 1.41. The summed E-state index contributed by atoms with van der Waals surface area (Å²) < 4.78 is 14.0. The fourth-order valence-corrected chi connectivity index (χ4v) is 5.00. The molecule has 4 aliphatic carbocycles. The van der Waals surface area contributed by atoms with Crippen LogP contribution in [0.2, 0.25) is 0 Å². The summed E-state index contributed by atoms with van der Waals surface area (Å²) >= 11 is 0. The lowest BCUT2D eigenvalue weighted by Gasteiger charge is -2.54. The van der Waals surface area contributed by atoms with E-state index >= 15 is 0 Å². The summed E-state index contributed by atoms with van der Waals surface area (Å²) in [4.78, 5) is 17.9. The molecule has 1 N–H and O–H groups in total. The van der Waals surface area contributed by atoms with Gasteiger partial charge in [-0.15, -0.1) is 0 Å². The Bertz CT molecular complexity index is 511. The molecule has 0 unspecified atom stereocenters. The highest BCUT2D eigenvalue weighted by Crippen LogP contribution is 2.59. The maximum absolute atomic E-state index is 14.0. The minimum absolute atomic E-state index is 0.195. The van der Waals surface area contributed by atoms with Crippen LogP contribution < -0.4 is 5.56 Å². The number of aromatic nitrogens is 2. The average molecular weight is 248 g/mol. The van der Waals surface area contributed by atoms with Crippen LogP contribution in [0.1, 0.15) is 43.7 Å². The summed E-state index contributed by atoms with van der Waals surface area (Å²) in [5, 5.41) is 0. The van der Waals surface area contributed by atoms with Crippen molar-refractivity contribution in [2.45, 2.75) is 38.0 Å². The number of H-pyrrole nitrogens is 1. The summed E-state index contributed by atoms with van der Waals surface area (Å²) in [6, 6.07) is 0. The quantitative estimate of drug-likeness (QED) is 0.829. The van der Waals surface area contributed by atoms with E-state index in [9.17, 15) is 9.18 Å². The first kappa shape index (κ1) is 10.7. The Hall–Kier alpha value is -1.19. The van der Waals surface area contributed by atoms with Crippen LogP contribution in [-0.2, 0) is 0 Å². The largest absolute Gasteiger partial charge is 0.311 e.